The first-order chi connectivity index (χ1) is 9.54. The Labute approximate surface area is 118 Å². The molecule has 0 aliphatic heterocycles. The van der Waals surface area contributed by atoms with Crippen molar-refractivity contribution in [3.05, 3.63) is 28.1 Å². The molecule has 20 heavy (non-hydrogen) atoms. The van der Waals surface area contributed by atoms with Crippen molar-refractivity contribution in [1.29, 1.82) is 0 Å². The van der Waals surface area contributed by atoms with E-state index in [1.807, 2.05) is 13.8 Å². The average molecular weight is 283 g/mol. The first kappa shape index (κ1) is 16.2. The molecule has 0 unspecified atom stereocenters. The minimum absolute atomic E-state index is 0.0883. The van der Waals surface area contributed by atoms with E-state index >= 15 is 0 Å². The molecule has 0 saturated carbocycles. The van der Waals surface area contributed by atoms with Crippen LogP contribution in [0.1, 0.15) is 37.2 Å². The van der Waals surface area contributed by atoms with Crippen LogP contribution in [-0.4, -0.2) is 45.1 Å². The molecule has 0 saturated heterocycles. The van der Waals surface area contributed by atoms with Gasteiger partial charge in [-0.3, -0.25) is 14.9 Å². The molecule has 0 aromatic carbocycles. The summed E-state index contributed by atoms with van der Waals surface area (Å²) in [4.78, 5) is 24.3. The maximum absolute atomic E-state index is 12.4. The van der Waals surface area contributed by atoms with E-state index in [1.54, 1.807) is 4.57 Å². The lowest BCUT2D eigenvalue weighted by atomic mass is 10.2. The lowest BCUT2D eigenvalue weighted by Crippen LogP contribution is -2.35. The zero-order valence-corrected chi connectivity index (χ0v) is 11.9. The molecule has 0 spiro atoms. The molecule has 1 aromatic heterocycles. The van der Waals surface area contributed by atoms with Crippen LogP contribution in [0.5, 0.6) is 0 Å². The molecule has 1 rings (SSSR count). The standard InChI is InChI=1S/C13H21N3O4/c1-3-5-6-15(7-8-17)13(18)12-9-11(16(19)20)10-14(12)4-2/h9-10,17H,3-8H2,1-2H3. The highest BCUT2D eigenvalue weighted by molar-refractivity contribution is 5.93. The number of carbonyl (C=O) groups is 1. The van der Waals surface area contributed by atoms with Crippen LogP contribution in [0, 0.1) is 10.1 Å². The van der Waals surface area contributed by atoms with E-state index in [1.165, 1.54) is 17.2 Å². The van der Waals surface area contributed by atoms with Gasteiger partial charge in [-0.15, -0.1) is 0 Å². The van der Waals surface area contributed by atoms with Gasteiger partial charge < -0.3 is 14.6 Å². The van der Waals surface area contributed by atoms with Crippen molar-refractivity contribution in [2.24, 2.45) is 0 Å². The van der Waals surface area contributed by atoms with Crippen LogP contribution in [0.4, 0.5) is 5.69 Å². The third-order valence-electron chi connectivity index (χ3n) is 3.09. The summed E-state index contributed by atoms with van der Waals surface area (Å²) in [5, 5.41) is 19.8. The van der Waals surface area contributed by atoms with Crippen molar-refractivity contribution < 1.29 is 14.8 Å². The zero-order chi connectivity index (χ0) is 15.1. The van der Waals surface area contributed by atoms with Gasteiger partial charge in [-0.05, 0) is 13.3 Å². The Kier molecular flexibility index (Phi) is 6.17. The summed E-state index contributed by atoms with van der Waals surface area (Å²) in [5.41, 5.74) is 0.207. The number of aryl methyl sites for hydroxylation is 1. The monoisotopic (exact) mass is 283 g/mol. The number of nitrogens with zero attached hydrogens (tertiary/aromatic N) is 3. The molecular formula is C13H21N3O4. The van der Waals surface area contributed by atoms with Gasteiger partial charge in [-0.2, -0.15) is 0 Å². The smallest absolute Gasteiger partial charge is 0.287 e. The first-order valence-electron chi connectivity index (χ1n) is 6.79. The second-order valence-electron chi connectivity index (χ2n) is 4.50. The van der Waals surface area contributed by atoms with E-state index in [4.69, 9.17) is 5.11 Å². The number of unbranched alkanes of at least 4 members (excludes halogenated alkanes) is 1. The number of hydrogen-bond acceptors (Lipinski definition) is 4. The van der Waals surface area contributed by atoms with E-state index in [2.05, 4.69) is 0 Å². The van der Waals surface area contributed by atoms with Crippen molar-refractivity contribution in [3.8, 4) is 0 Å². The Morgan fingerprint density at radius 2 is 2.15 bits per heavy atom. The van der Waals surface area contributed by atoms with E-state index < -0.39 is 4.92 Å². The lowest BCUT2D eigenvalue weighted by Gasteiger charge is -2.21. The second kappa shape index (κ2) is 7.64. The first-order valence-corrected chi connectivity index (χ1v) is 6.79. The second-order valence-corrected chi connectivity index (χ2v) is 4.50. The van der Waals surface area contributed by atoms with Gasteiger partial charge in [0.25, 0.3) is 11.6 Å². The molecule has 1 aromatic rings. The molecular weight excluding hydrogens is 262 g/mol. The summed E-state index contributed by atoms with van der Waals surface area (Å²) < 4.78 is 1.57. The lowest BCUT2D eigenvalue weighted by molar-refractivity contribution is -0.384. The van der Waals surface area contributed by atoms with Gasteiger partial charge in [0, 0.05) is 25.7 Å². The van der Waals surface area contributed by atoms with Crippen LogP contribution in [0.25, 0.3) is 0 Å². The van der Waals surface area contributed by atoms with Crippen LogP contribution in [0.3, 0.4) is 0 Å². The van der Waals surface area contributed by atoms with Gasteiger partial charge in [0.05, 0.1) is 17.7 Å². The molecule has 1 amide bonds. The summed E-state index contributed by atoms with van der Waals surface area (Å²) in [6.07, 6.45) is 3.13. The predicted octanol–water partition coefficient (Wildman–Crippen LogP) is 1.65. The van der Waals surface area contributed by atoms with Crippen LogP contribution in [0.15, 0.2) is 12.3 Å². The molecule has 112 valence electrons. The van der Waals surface area contributed by atoms with Gasteiger partial charge in [-0.25, -0.2) is 0 Å². The summed E-state index contributed by atoms with van der Waals surface area (Å²) in [5.74, 6) is -0.276. The number of aliphatic hydroxyl groups excluding tert-OH is 1. The Bertz CT molecular complexity index is 470. The molecule has 0 atom stereocenters. The number of aromatic nitrogens is 1. The quantitative estimate of drug-likeness (QED) is 0.580. The molecule has 0 aliphatic rings. The fourth-order valence-corrected chi connectivity index (χ4v) is 1.98. The molecule has 0 aliphatic carbocycles. The van der Waals surface area contributed by atoms with Crippen molar-refractivity contribution in [2.75, 3.05) is 19.7 Å². The fourth-order valence-electron chi connectivity index (χ4n) is 1.98. The molecule has 7 heteroatoms. The molecule has 1 N–H and O–H groups in total. The number of aliphatic hydroxyl groups is 1. The van der Waals surface area contributed by atoms with Crippen molar-refractivity contribution in [3.63, 3.8) is 0 Å². The SMILES string of the molecule is CCCCN(CCO)C(=O)c1cc([N+](=O)[O-])cn1CC. The Balaban J connectivity index is 3.00. The summed E-state index contributed by atoms with van der Waals surface area (Å²) in [6.45, 7) is 4.98. The predicted molar refractivity (Wildman–Crippen MR) is 74.7 cm³/mol. The Hall–Kier alpha value is -1.89. The van der Waals surface area contributed by atoms with Gasteiger partial charge >= 0.3 is 0 Å². The van der Waals surface area contributed by atoms with Gasteiger partial charge in [0.15, 0.2) is 0 Å². The minimum Gasteiger partial charge on any atom is -0.395 e. The number of nitro groups is 1. The van der Waals surface area contributed by atoms with E-state index in [0.717, 1.165) is 12.8 Å². The summed E-state index contributed by atoms with van der Waals surface area (Å²) >= 11 is 0. The van der Waals surface area contributed by atoms with E-state index in [0.29, 0.717) is 18.8 Å². The number of amides is 1. The molecule has 0 fully saturated rings. The van der Waals surface area contributed by atoms with E-state index in [-0.39, 0.29) is 24.7 Å². The number of carbonyl (C=O) groups excluding carboxylic acids is 1. The fraction of sp³-hybridized carbons (Fsp3) is 0.615. The highest BCUT2D eigenvalue weighted by atomic mass is 16.6. The Morgan fingerprint density at radius 1 is 1.45 bits per heavy atom. The van der Waals surface area contributed by atoms with Gasteiger partial charge in [0.1, 0.15) is 5.69 Å². The van der Waals surface area contributed by atoms with Crippen LogP contribution in [0.2, 0.25) is 0 Å². The highest BCUT2D eigenvalue weighted by Crippen LogP contribution is 2.18. The third kappa shape index (κ3) is 3.80. The summed E-state index contributed by atoms with van der Waals surface area (Å²) in [7, 11) is 0. The zero-order valence-electron chi connectivity index (χ0n) is 11.9. The van der Waals surface area contributed by atoms with Crippen molar-refractivity contribution in [2.45, 2.75) is 33.2 Å². The van der Waals surface area contributed by atoms with Crippen LogP contribution < -0.4 is 0 Å². The maximum atomic E-state index is 12.4. The van der Waals surface area contributed by atoms with Gasteiger partial charge in [0.2, 0.25) is 0 Å². The largest absolute Gasteiger partial charge is 0.395 e. The number of rotatable bonds is 8. The molecule has 0 radical (unpaired) electrons. The average Bonchev–Trinajstić information content (AvgIpc) is 2.87. The van der Waals surface area contributed by atoms with Gasteiger partial charge in [-0.1, -0.05) is 13.3 Å². The maximum Gasteiger partial charge on any atom is 0.287 e. The van der Waals surface area contributed by atoms with Crippen molar-refractivity contribution >= 4 is 11.6 Å². The third-order valence-corrected chi connectivity index (χ3v) is 3.09. The molecule has 0 bridgehead atoms. The van der Waals surface area contributed by atoms with Crippen LogP contribution in [-0.2, 0) is 6.54 Å². The summed E-state index contributed by atoms with van der Waals surface area (Å²) in [6, 6.07) is 1.29. The van der Waals surface area contributed by atoms with Crippen LogP contribution >= 0.6 is 0 Å². The molecule has 7 nitrogen and oxygen atoms in total. The molecule has 1 heterocycles. The van der Waals surface area contributed by atoms with Crippen molar-refractivity contribution in [1.82, 2.24) is 9.47 Å². The Morgan fingerprint density at radius 3 is 2.65 bits per heavy atom. The van der Waals surface area contributed by atoms with E-state index in [9.17, 15) is 14.9 Å². The number of hydrogen-bond donors (Lipinski definition) is 1. The topological polar surface area (TPSA) is 88.6 Å². The normalized spacial score (nSPS) is 10.6. The minimum atomic E-state index is -0.509. The highest BCUT2D eigenvalue weighted by Gasteiger charge is 2.22.